The van der Waals surface area contributed by atoms with Crippen molar-refractivity contribution in [2.24, 2.45) is 0 Å². The van der Waals surface area contributed by atoms with Crippen LogP contribution in [0, 0.1) is 5.82 Å². The molecular formula is C16H18ClFN4O. The van der Waals surface area contributed by atoms with E-state index in [2.05, 4.69) is 20.5 Å². The minimum atomic E-state index is -0.533. The van der Waals surface area contributed by atoms with E-state index in [-0.39, 0.29) is 16.6 Å². The number of hydrogen-bond donors (Lipinski definition) is 2. The Hall–Kier alpha value is -2.18. The lowest BCUT2D eigenvalue weighted by atomic mass is 10.2. The third-order valence-corrected chi connectivity index (χ3v) is 3.35. The van der Waals surface area contributed by atoms with Gasteiger partial charge >= 0.3 is 0 Å². The van der Waals surface area contributed by atoms with E-state index in [9.17, 15) is 9.18 Å². The number of benzene rings is 1. The number of anilines is 2. The molecule has 0 saturated heterocycles. The molecule has 1 heterocycles. The number of nitrogens with one attached hydrogen (secondary N) is 2. The fourth-order valence-corrected chi connectivity index (χ4v) is 2.04. The molecule has 0 fully saturated rings. The van der Waals surface area contributed by atoms with E-state index in [0.29, 0.717) is 5.69 Å². The number of hydrogen-bond acceptors (Lipinski definition) is 4. The molecule has 0 saturated carbocycles. The van der Waals surface area contributed by atoms with E-state index in [4.69, 9.17) is 11.6 Å². The van der Waals surface area contributed by atoms with Crippen LogP contribution in [0.25, 0.3) is 0 Å². The van der Waals surface area contributed by atoms with Crippen molar-refractivity contribution < 1.29 is 9.18 Å². The second kappa shape index (κ2) is 7.89. The molecule has 1 aromatic heterocycles. The van der Waals surface area contributed by atoms with Crippen molar-refractivity contribution in [3.63, 3.8) is 0 Å². The summed E-state index contributed by atoms with van der Waals surface area (Å²) in [5.41, 5.74) is 1.48. The molecule has 0 atom stereocenters. The lowest BCUT2D eigenvalue weighted by Crippen LogP contribution is -2.21. The van der Waals surface area contributed by atoms with Crippen LogP contribution in [0.5, 0.6) is 0 Å². The molecule has 23 heavy (non-hydrogen) atoms. The Morgan fingerprint density at radius 3 is 2.74 bits per heavy atom. The van der Waals surface area contributed by atoms with Crippen molar-refractivity contribution in [3.05, 3.63) is 53.1 Å². The van der Waals surface area contributed by atoms with Crippen LogP contribution >= 0.6 is 11.6 Å². The van der Waals surface area contributed by atoms with Gasteiger partial charge in [-0.05, 0) is 44.4 Å². The van der Waals surface area contributed by atoms with Crippen molar-refractivity contribution in [1.29, 1.82) is 0 Å². The van der Waals surface area contributed by atoms with Gasteiger partial charge in [-0.2, -0.15) is 0 Å². The molecule has 1 amide bonds. The lowest BCUT2D eigenvalue weighted by Gasteiger charge is -2.12. The van der Waals surface area contributed by atoms with Gasteiger partial charge in [-0.1, -0.05) is 11.6 Å². The van der Waals surface area contributed by atoms with Crippen LogP contribution in [0.1, 0.15) is 10.5 Å². The standard InChI is InChI=1S/C16H18ClFN4O/c1-22(2)8-7-19-11-5-6-20-15(10-11)16(23)21-12-3-4-14(18)13(17)9-12/h3-6,9-10H,7-8H2,1-2H3,(H,19,20)(H,21,23). The quantitative estimate of drug-likeness (QED) is 0.851. The fraction of sp³-hybridized carbons (Fsp3) is 0.250. The Bertz CT molecular complexity index is 694. The number of halogens is 2. The lowest BCUT2D eigenvalue weighted by molar-refractivity contribution is 0.102. The molecule has 2 aromatic rings. The number of likely N-dealkylation sites (N-methyl/N-ethyl adjacent to an activating group) is 1. The van der Waals surface area contributed by atoms with E-state index in [1.165, 1.54) is 18.2 Å². The highest BCUT2D eigenvalue weighted by molar-refractivity contribution is 6.31. The maximum Gasteiger partial charge on any atom is 0.274 e. The third kappa shape index (κ3) is 5.19. The van der Waals surface area contributed by atoms with Crippen LogP contribution < -0.4 is 10.6 Å². The Morgan fingerprint density at radius 1 is 1.26 bits per heavy atom. The van der Waals surface area contributed by atoms with Crippen LogP contribution in [0.2, 0.25) is 5.02 Å². The molecule has 7 heteroatoms. The third-order valence-electron chi connectivity index (χ3n) is 3.06. The van der Waals surface area contributed by atoms with Crippen LogP contribution in [0.4, 0.5) is 15.8 Å². The Morgan fingerprint density at radius 2 is 2.04 bits per heavy atom. The van der Waals surface area contributed by atoms with Gasteiger partial charge in [-0.25, -0.2) is 4.39 Å². The summed E-state index contributed by atoms with van der Waals surface area (Å²) in [6.45, 7) is 1.63. The fourth-order valence-electron chi connectivity index (χ4n) is 1.86. The van der Waals surface area contributed by atoms with Crippen molar-refractivity contribution in [2.45, 2.75) is 0 Å². The maximum atomic E-state index is 13.1. The van der Waals surface area contributed by atoms with Gasteiger partial charge in [0.25, 0.3) is 5.91 Å². The molecule has 122 valence electrons. The molecule has 0 radical (unpaired) electrons. The molecule has 1 aromatic carbocycles. The van der Waals surface area contributed by atoms with Crippen molar-refractivity contribution >= 4 is 28.9 Å². The number of nitrogens with zero attached hydrogens (tertiary/aromatic N) is 2. The Balaban J connectivity index is 2.02. The van der Waals surface area contributed by atoms with Crippen LogP contribution in [0.3, 0.4) is 0 Å². The minimum absolute atomic E-state index is 0.0464. The van der Waals surface area contributed by atoms with Gasteiger partial charge in [-0.15, -0.1) is 0 Å². The van der Waals surface area contributed by atoms with Crippen molar-refractivity contribution in [2.75, 3.05) is 37.8 Å². The molecule has 0 aliphatic rings. The first-order chi connectivity index (χ1) is 11.0. The average molecular weight is 337 g/mol. The topological polar surface area (TPSA) is 57.3 Å². The zero-order valence-corrected chi connectivity index (χ0v) is 13.7. The number of carbonyl (C=O) groups excluding carboxylic acids is 1. The number of carbonyl (C=O) groups is 1. The monoisotopic (exact) mass is 336 g/mol. The summed E-state index contributed by atoms with van der Waals surface area (Å²) in [6, 6.07) is 7.45. The normalized spacial score (nSPS) is 10.7. The first kappa shape index (κ1) is 17.2. The van der Waals surface area contributed by atoms with Crippen molar-refractivity contribution in [1.82, 2.24) is 9.88 Å². The minimum Gasteiger partial charge on any atom is -0.384 e. The predicted molar refractivity (Wildman–Crippen MR) is 90.6 cm³/mol. The number of rotatable bonds is 6. The van der Waals surface area contributed by atoms with E-state index >= 15 is 0 Å². The van der Waals surface area contributed by atoms with E-state index in [1.54, 1.807) is 18.3 Å². The summed E-state index contributed by atoms with van der Waals surface area (Å²) < 4.78 is 13.1. The number of aromatic nitrogens is 1. The summed E-state index contributed by atoms with van der Waals surface area (Å²) in [6.07, 6.45) is 1.56. The molecular weight excluding hydrogens is 319 g/mol. The summed E-state index contributed by atoms with van der Waals surface area (Å²) >= 11 is 5.70. The first-order valence-electron chi connectivity index (χ1n) is 7.07. The Labute approximate surface area is 139 Å². The second-order valence-electron chi connectivity index (χ2n) is 5.24. The summed E-state index contributed by atoms with van der Waals surface area (Å²) in [5.74, 6) is -0.918. The number of pyridine rings is 1. The second-order valence-corrected chi connectivity index (χ2v) is 5.65. The summed E-state index contributed by atoms with van der Waals surface area (Å²) in [7, 11) is 3.97. The van der Waals surface area contributed by atoms with Crippen molar-refractivity contribution in [3.8, 4) is 0 Å². The highest BCUT2D eigenvalue weighted by Gasteiger charge is 2.10. The van der Waals surface area contributed by atoms with Gasteiger partial charge < -0.3 is 15.5 Å². The molecule has 0 aliphatic carbocycles. The summed E-state index contributed by atoms with van der Waals surface area (Å²) in [4.78, 5) is 18.3. The van der Waals surface area contributed by atoms with Gasteiger partial charge in [-0.3, -0.25) is 9.78 Å². The Kier molecular flexibility index (Phi) is 5.90. The van der Waals surface area contributed by atoms with Gasteiger partial charge in [0.05, 0.1) is 5.02 Å². The molecule has 0 unspecified atom stereocenters. The van der Waals surface area contributed by atoms with Gasteiger partial charge in [0.2, 0.25) is 0 Å². The van der Waals surface area contributed by atoms with Crippen LogP contribution in [-0.4, -0.2) is 43.0 Å². The molecule has 5 nitrogen and oxygen atoms in total. The molecule has 0 spiro atoms. The zero-order chi connectivity index (χ0) is 16.8. The van der Waals surface area contributed by atoms with E-state index in [1.807, 2.05) is 14.1 Å². The first-order valence-corrected chi connectivity index (χ1v) is 7.44. The van der Waals surface area contributed by atoms with E-state index in [0.717, 1.165) is 18.8 Å². The van der Waals surface area contributed by atoms with Gasteiger partial charge in [0, 0.05) is 30.7 Å². The number of amides is 1. The molecule has 2 rings (SSSR count). The molecule has 0 bridgehead atoms. The highest BCUT2D eigenvalue weighted by Crippen LogP contribution is 2.20. The average Bonchev–Trinajstić information content (AvgIpc) is 2.51. The molecule has 2 N–H and O–H groups in total. The maximum absolute atomic E-state index is 13.1. The van der Waals surface area contributed by atoms with Crippen LogP contribution in [-0.2, 0) is 0 Å². The highest BCUT2D eigenvalue weighted by atomic mass is 35.5. The molecule has 0 aliphatic heterocycles. The zero-order valence-electron chi connectivity index (χ0n) is 12.9. The smallest absolute Gasteiger partial charge is 0.274 e. The summed E-state index contributed by atoms with van der Waals surface area (Å²) in [5, 5.41) is 5.81. The van der Waals surface area contributed by atoms with Gasteiger partial charge in [0.1, 0.15) is 11.5 Å². The van der Waals surface area contributed by atoms with Gasteiger partial charge in [0.15, 0.2) is 0 Å². The largest absolute Gasteiger partial charge is 0.384 e. The predicted octanol–water partition coefficient (Wildman–Crippen LogP) is 3.10. The van der Waals surface area contributed by atoms with E-state index < -0.39 is 5.82 Å². The van der Waals surface area contributed by atoms with Crippen LogP contribution in [0.15, 0.2) is 36.5 Å². The SMILES string of the molecule is CN(C)CCNc1ccnc(C(=O)Nc2ccc(F)c(Cl)c2)c1.